The molecule has 1 fully saturated rings. The molecule has 0 radical (unpaired) electrons. The molecule has 1 aliphatic carbocycles. The first kappa shape index (κ1) is 11.5. The van der Waals surface area contributed by atoms with Crippen LogP contribution in [0.3, 0.4) is 0 Å². The lowest BCUT2D eigenvalue weighted by Gasteiger charge is -2.28. The Balaban J connectivity index is 1.74. The van der Waals surface area contributed by atoms with Crippen LogP contribution < -0.4 is 5.32 Å². The van der Waals surface area contributed by atoms with Crippen molar-refractivity contribution in [3.63, 3.8) is 0 Å². The van der Waals surface area contributed by atoms with Crippen LogP contribution in [0.4, 0.5) is 0 Å². The molecule has 0 saturated heterocycles. The largest absolute Gasteiger partial charge is 0.310 e. The Morgan fingerprint density at radius 2 is 2.47 bits per heavy atom. The van der Waals surface area contributed by atoms with Gasteiger partial charge in [0.25, 0.3) is 0 Å². The normalized spacial score (nSPS) is 26.7. The van der Waals surface area contributed by atoms with E-state index in [0.29, 0.717) is 0 Å². The molecular weight excluding hydrogens is 222 g/mol. The van der Waals surface area contributed by atoms with E-state index in [1.807, 2.05) is 11.8 Å². The lowest BCUT2D eigenvalue weighted by Crippen LogP contribution is -2.34. The second-order valence-electron chi connectivity index (χ2n) is 4.23. The number of hydrogen-bond acceptors (Lipinski definition) is 3. The average Bonchev–Trinajstić information content (AvgIpc) is 2.79. The van der Waals surface area contributed by atoms with Crippen molar-refractivity contribution in [2.45, 2.75) is 43.5 Å². The van der Waals surface area contributed by atoms with Crippen molar-refractivity contribution in [1.82, 2.24) is 5.32 Å². The van der Waals surface area contributed by atoms with E-state index >= 15 is 0 Å². The summed E-state index contributed by atoms with van der Waals surface area (Å²) in [5, 5.41) is 8.96. The summed E-state index contributed by atoms with van der Waals surface area (Å²) in [6.07, 6.45) is 7.77. The average molecular weight is 241 g/mol. The van der Waals surface area contributed by atoms with E-state index in [2.05, 4.69) is 28.4 Å². The van der Waals surface area contributed by atoms with E-state index in [0.717, 1.165) is 17.8 Å². The molecule has 2 atom stereocenters. The van der Waals surface area contributed by atoms with Crippen LogP contribution in [0, 0.1) is 0 Å². The van der Waals surface area contributed by atoms with Gasteiger partial charge in [0.1, 0.15) is 0 Å². The maximum absolute atomic E-state index is 3.68. The third-order valence-electron chi connectivity index (χ3n) is 3.13. The van der Waals surface area contributed by atoms with E-state index in [-0.39, 0.29) is 0 Å². The molecule has 3 heteroatoms. The third-order valence-corrected chi connectivity index (χ3v) is 4.96. The van der Waals surface area contributed by atoms with Gasteiger partial charge in [0, 0.05) is 17.8 Å². The molecule has 1 aliphatic rings. The first-order chi connectivity index (χ1) is 7.38. The molecular formula is C12H19NS2. The summed E-state index contributed by atoms with van der Waals surface area (Å²) < 4.78 is 0. The maximum Gasteiger partial charge on any atom is 0.0216 e. The van der Waals surface area contributed by atoms with Crippen molar-refractivity contribution in [2.24, 2.45) is 0 Å². The molecule has 0 spiro atoms. The summed E-state index contributed by atoms with van der Waals surface area (Å²) in [4.78, 5) is 0. The Morgan fingerprint density at radius 3 is 3.20 bits per heavy atom. The Kier molecular flexibility index (Phi) is 4.54. The van der Waals surface area contributed by atoms with E-state index in [1.54, 1.807) is 11.3 Å². The summed E-state index contributed by atoms with van der Waals surface area (Å²) in [5.74, 6) is 0. The van der Waals surface area contributed by atoms with E-state index in [9.17, 15) is 0 Å². The number of rotatable bonds is 4. The minimum Gasteiger partial charge on any atom is -0.310 e. The fraction of sp³-hybridized carbons (Fsp3) is 0.667. The van der Waals surface area contributed by atoms with Gasteiger partial charge < -0.3 is 5.32 Å². The molecule has 0 amide bonds. The van der Waals surface area contributed by atoms with Gasteiger partial charge >= 0.3 is 0 Å². The van der Waals surface area contributed by atoms with Crippen LogP contribution in [0.15, 0.2) is 16.8 Å². The maximum atomic E-state index is 3.68. The molecule has 1 N–H and O–H groups in total. The highest BCUT2D eigenvalue weighted by molar-refractivity contribution is 7.99. The Labute approximate surface area is 101 Å². The van der Waals surface area contributed by atoms with Crippen LogP contribution in [0.2, 0.25) is 0 Å². The molecule has 1 nitrogen and oxygen atoms in total. The van der Waals surface area contributed by atoms with E-state index in [4.69, 9.17) is 0 Å². The molecule has 0 aromatic carbocycles. The minimum atomic E-state index is 0.746. The molecule has 1 heterocycles. The first-order valence-electron chi connectivity index (χ1n) is 5.65. The third kappa shape index (κ3) is 3.51. The summed E-state index contributed by atoms with van der Waals surface area (Å²) in [6, 6.07) is 2.96. The topological polar surface area (TPSA) is 12.0 Å². The molecule has 0 aliphatic heterocycles. The highest BCUT2D eigenvalue weighted by atomic mass is 32.2. The van der Waals surface area contributed by atoms with Crippen LogP contribution in [-0.2, 0) is 6.54 Å². The zero-order chi connectivity index (χ0) is 10.5. The van der Waals surface area contributed by atoms with Crippen LogP contribution in [0.25, 0.3) is 0 Å². The molecule has 84 valence electrons. The molecule has 15 heavy (non-hydrogen) atoms. The second kappa shape index (κ2) is 5.92. The van der Waals surface area contributed by atoms with Gasteiger partial charge in [0.2, 0.25) is 0 Å². The molecule has 1 saturated carbocycles. The highest BCUT2D eigenvalue weighted by Crippen LogP contribution is 2.27. The second-order valence-corrected chi connectivity index (χ2v) is 6.15. The quantitative estimate of drug-likeness (QED) is 0.866. The molecule has 0 bridgehead atoms. The van der Waals surface area contributed by atoms with E-state index < -0.39 is 0 Å². The Morgan fingerprint density at radius 1 is 1.53 bits per heavy atom. The molecule has 1 aromatic rings. The predicted molar refractivity (Wildman–Crippen MR) is 70.7 cm³/mol. The zero-order valence-electron chi connectivity index (χ0n) is 9.24. The fourth-order valence-corrected chi connectivity index (χ4v) is 3.70. The zero-order valence-corrected chi connectivity index (χ0v) is 10.9. The molecule has 2 unspecified atom stereocenters. The van der Waals surface area contributed by atoms with Crippen molar-refractivity contribution < 1.29 is 0 Å². The van der Waals surface area contributed by atoms with Crippen molar-refractivity contribution in [3.8, 4) is 0 Å². The summed E-state index contributed by atoms with van der Waals surface area (Å²) >= 11 is 3.82. The minimum absolute atomic E-state index is 0.746. The van der Waals surface area contributed by atoms with Crippen LogP contribution in [0.5, 0.6) is 0 Å². The van der Waals surface area contributed by atoms with Crippen molar-refractivity contribution >= 4 is 23.1 Å². The van der Waals surface area contributed by atoms with Crippen LogP contribution in [-0.4, -0.2) is 17.5 Å². The van der Waals surface area contributed by atoms with Gasteiger partial charge in [0.05, 0.1) is 0 Å². The van der Waals surface area contributed by atoms with Gasteiger partial charge in [-0.3, -0.25) is 0 Å². The molecule has 1 aromatic heterocycles. The van der Waals surface area contributed by atoms with Gasteiger partial charge in [-0.25, -0.2) is 0 Å². The monoisotopic (exact) mass is 241 g/mol. The van der Waals surface area contributed by atoms with Gasteiger partial charge in [-0.2, -0.15) is 23.1 Å². The van der Waals surface area contributed by atoms with Gasteiger partial charge in [-0.1, -0.05) is 6.42 Å². The van der Waals surface area contributed by atoms with Crippen molar-refractivity contribution in [3.05, 3.63) is 22.4 Å². The van der Waals surface area contributed by atoms with Gasteiger partial charge in [-0.05, 0) is 47.9 Å². The number of nitrogens with one attached hydrogen (secondary N) is 1. The fourth-order valence-electron chi connectivity index (χ4n) is 2.20. The standard InChI is InChI=1S/C12H19NS2/c1-14-12-4-2-3-11(7-12)13-8-10-5-6-15-9-10/h5-6,9,11-13H,2-4,7-8H2,1H3. The predicted octanol–water partition coefficient (Wildman–Crippen LogP) is 3.51. The van der Waals surface area contributed by atoms with Crippen molar-refractivity contribution in [2.75, 3.05) is 6.26 Å². The molecule has 2 rings (SSSR count). The lowest BCUT2D eigenvalue weighted by molar-refractivity contribution is 0.380. The smallest absolute Gasteiger partial charge is 0.0216 e. The summed E-state index contributed by atoms with van der Waals surface area (Å²) in [5.41, 5.74) is 1.44. The highest BCUT2D eigenvalue weighted by Gasteiger charge is 2.20. The first-order valence-corrected chi connectivity index (χ1v) is 7.89. The number of hydrogen-bond donors (Lipinski definition) is 1. The lowest BCUT2D eigenvalue weighted by atomic mass is 9.95. The van der Waals surface area contributed by atoms with Gasteiger partial charge in [-0.15, -0.1) is 0 Å². The van der Waals surface area contributed by atoms with Crippen LogP contribution in [0.1, 0.15) is 31.2 Å². The Bertz CT molecular complexity index is 271. The summed E-state index contributed by atoms with van der Waals surface area (Å²) in [7, 11) is 0. The van der Waals surface area contributed by atoms with Crippen LogP contribution >= 0.6 is 23.1 Å². The SMILES string of the molecule is CSC1CCCC(NCc2ccsc2)C1. The summed E-state index contributed by atoms with van der Waals surface area (Å²) in [6.45, 7) is 1.05. The van der Waals surface area contributed by atoms with Crippen molar-refractivity contribution in [1.29, 1.82) is 0 Å². The number of thioether (sulfide) groups is 1. The number of thiophene rings is 1. The van der Waals surface area contributed by atoms with Gasteiger partial charge in [0.15, 0.2) is 0 Å². The Hall–Kier alpha value is 0.01000. The van der Waals surface area contributed by atoms with E-state index in [1.165, 1.54) is 31.2 Å².